The van der Waals surface area contributed by atoms with E-state index in [9.17, 15) is 4.79 Å². The Morgan fingerprint density at radius 1 is 1.53 bits per heavy atom. The number of ether oxygens (including phenoxy) is 1. The molecule has 0 atom stereocenters. The Bertz CT molecular complexity index is 373. The number of hydrogen-bond acceptors (Lipinski definition) is 4. The highest BCUT2D eigenvalue weighted by Crippen LogP contribution is 2.28. The molecular weight excluding hydrogens is 216 g/mol. The monoisotopic (exact) mass is 234 g/mol. The SMILES string of the molecule is CCOc1cccnc1N1CCC(C=O)CC1. The molecule has 4 nitrogen and oxygen atoms in total. The minimum Gasteiger partial charge on any atom is -0.490 e. The van der Waals surface area contributed by atoms with E-state index in [1.165, 1.54) is 0 Å². The molecule has 0 aromatic carbocycles. The molecule has 0 amide bonds. The molecule has 2 rings (SSSR count). The number of anilines is 1. The molecule has 1 aromatic rings. The molecule has 0 N–H and O–H groups in total. The summed E-state index contributed by atoms with van der Waals surface area (Å²) in [5.41, 5.74) is 0. The number of aldehydes is 1. The zero-order chi connectivity index (χ0) is 12.1. The van der Waals surface area contributed by atoms with Crippen LogP contribution in [0.5, 0.6) is 5.75 Å². The first kappa shape index (κ1) is 11.9. The molecule has 0 saturated carbocycles. The maximum absolute atomic E-state index is 10.7. The van der Waals surface area contributed by atoms with Crippen molar-refractivity contribution in [2.45, 2.75) is 19.8 Å². The third-order valence-electron chi connectivity index (χ3n) is 3.08. The van der Waals surface area contributed by atoms with E-state index in [0.717, 1.165) is 43.8 Å². The second-order valence-electron chi connectivity index (χ2n) is 4.22. The highest BCUT2D eigenvalue weighted by atomic mass is 16.5. The minimum atomic E-state index is 0.213. The third-order valence-corrected chi connectivity index (χ3v) is 3.08. The molecule has 92 valence electrons. The number of aromatic nitrogens is 1. The molecule has 0 radical (unpaired) electrons. The van der Waals surface area contributed by atoms with Crippen LogP contribution in [0, 0.1) is 5.92 Å². The zero-order valence-electron chi connectivity index (χ0n) is 10.1. The Morgan fingerprint density at radius 2 is 2.29 bits per heavy atom. The number of rotatable bonds is 4. The fourth-order valence-electron chi connectivity index (χ4n) is 2.14. The first-order valence-corrected chi connectivity index (χ1v) is 6.13. The van der Waals surface area contributed by atoms with Gasteiger partial charge in [0, 0.05) is 25.2 Å². The van der Waals surface area contributed by atoms with E-state index in [-0.39, 0.29) is 5.92 Å². The number of carbonyl (C=O) groups excluding carboxylic acids is 1. The van der Waals surface area contributed by atoms with Gasteiger partial charge >= 0.3 is 0 Å². The number of pyridine rings is 1. The molecule has 0 spiro atoms. The lowest BCUT2D eigenvalue weighted by Gasteiger charge is -2.31. The Balaban J connectivity index is 2.09. The summed E-state index contributed by atoms with van der Waals surface area (Å²) in [6, 6.07) is 3.82. The van der Waals surface area contributed by atoms with Crippen molar-refractivity contribution in [3.63, 3.8) is 0 Å². The fraction of sp³-hybridized carbons (Fsp3) is 0.538. The van der Waals surface area contributed by atoms with Gasteiger partial charge < -0.3 is 14.4 Å². The maximum atomic E-state index is 10.7. The van der Waals surface area contributed by atoms with Crippen molar-refractivity contribution in [3.8, 4) is 5.75 Å². The van der Waals surface area contributed by atoms with Crippen LogP contribution in [0.2, 0.25) is 0 Å². The van der Waals surface area contributed by atoms with Gasteiger partial charge in [0.1, 0.15) is 6.29 Å². The first-order valence-electron chi connectivity index (χ1n) is 6.13. The second kappa shape index (κ2) is 5.66. The van der Waals surface area contributed by atoms with E-state index >= 15 is 0 Å². The quantitative estimate of drug-likeness (QED) is 0.746. The van der Waals surface area contributed by atoms with Gasteiger partial charge in [-0.25, -0.2) is 4.98 Å². The van der Waals surface area contributed by atoms with Crippen molar-refractivity contribution < 1.29 is 9.53 Å². The van der Waals surface area contributed by atoms with Crippen molar-refractivity contribution in [2.24, 2.45) is 5.92 Å². The van der Waals surface area contributed by atoms with Crippen LogP contribution in [0.1, 0.15) is 19.8 Å². The van der Waals surface area contributed by atoms with Crippen LogP contribution in [-0.2, 0) is 4.79 Å². The number of hydrogen-bond donors (Lipinski definition) is 0. The molecule has 0 unspecified atom stereocenters. The van der Waals surface area contributed by atoms with Crippen LogP contribution < -0.4 is 9.64 Å². The van der Waals surface area contributed by atoms with Crippen LogP contribution in [0.4, 0.5) is 5.82 Å². The molecule has 1 saturated heterocycles. The topological polar surface area (TPSA) is 42.4 Å². The highest BCUT2D eigenvalue weighted by Gasteiger charge is 2.21. The zero-order valence-corrected chi connectivity index (χ0v) is 10.1. The predicted octanol–water partition coefficient (Wildman–Crippen LogP) is 1.90. The molecule has 2 heterocycles. The van der Waals surface area contributed by atoms with Gasteiger partial charge in [-0.2, -0.15) is 0 Å². The lowest BCUT2D eigenvalue weighted by molar-refractivity contribution is -0.111. The van der Waals surface area contributed by atoms with Crippen molar-refractivity contribution in [3.05, 3.63) is 18.3 Å². The predicted molar refractivity (Wildman–Crippen MR) is 66.4 cm³/mol. The molecule has 4 heteroatoms. The number of piperidine rings is 1. The minimum absolute atomic E-state index is 0.213. The first-order chi connectivity index (χ1) is 8.35. The Labute approximate surface area is 102 Å². The largest absolute Gasteiger partial charge is 0.490 e. The smallest absolute Gasteiger partial charge is 0.171 e. The molecule has 1 fully saturated rings. The van der Waals surface area contributed by atoms with Gasteiger partial charge in [-0.15, -0.1) is 0 Å². The second-order valence-corrected chi connectivity index (χ2v) is 4.22. The third kappa shape index (κ3) is 2.75. The summed E-state index contributed by atoms with van der Waals surface area (Å²) in [5.74, 6) is 1.95. The number of nitrogens with zero attached hydrogens (tertiary/aromatic N) is 2. The molecular formula is C13H18N2O2. The molecule has 1 aliphatic heterocycles. The van der Waals surface area contributed by atoms with Crippen LogP contribution >= 0.6 is 0 Å². The summed E-state index contributed by atoms with van der Waals surface area (Å²) in [6.45, 7) is 4.36. The Kier molecular flexibility index (Phi) is 3.96. The Morgan fingerprint density at radius 3 is 2.94 bits per heavy atom. The van der Waals surface area contributed by atoms with E-state index in [2.05, 4.69) is 9.88 Å². The van der Waals surface area contributed by atoms with Gasteiger partial charge in [0.05, 0.1) is 6.61 Å². The van der Waals surface area contributed by atoms with Gasteiger partial charge in [-0.3, -0.25) is 0 Å². The summed E-state index contributed by atoms with van der Waals surface area (Å²) in [6.07, 6.45) is 4.67. The van der Waals surface area contributed by atoms with E-state index < -0.39 is 0 Å². The molecule has 0 bridgehead atoms. The maximum Gasteiger partial charge on any atom is 0.171 e. The van der Waals surface area contributed by atoms with Crippen molar-refractivity contribution in [1.82, 2.24) is 4.98 Å². The number of carbonyl (C=O) groups is 1. The summed E-state index contributed by atoms with van der Waals surface area (Å²) >= 11 is 0. The average molecular weight is 234 g/mol. The van der Waals surface area contributed by atoms with Gasteiger partial charge in [-0.05, 0) is 31.9 Å². The average Bonchev–Trinajstić information content (AvgIpc) is 2.40. The molecule has 17 heavy (non-hydrogen) atoms. The summed E-state index contributed by atoms with van der Waals surface area (Å²) in [5, 5.41) is 0. The van der Waals surface area contributed by atoms with E-state index in [0.29, 0.717) is 6.61 Å². The summed E-state index contributed by atoms with van der Waals surface area (Å²) < 4.78 is 5.57. The van der Waals surface area contributed by atoms with Crippen molar-refractivity contribution in [1.29, 1.82) is 0 Å². The van der Waals surface area contributed by atoms with Crippen LogP contribution in [0.25, 0.3) is 0 Å². The summed E-state index contributed by atoms with van der Waals surface area (Å²) in [7, 11) is 0. The van der Waals surface area contributed by atoms with E-state index in [4.69, 9.17) is 4.74 Å². The lowest BCUT2D eigenvalue weighted by atomic mass is 9.98. The Hall–Kier alpha value is -1.58. The van der Waals surface area contributed by atoms with E-state index in [1.54, 1.807) is 6.20 Å². The van der Waals surface area contributed by atoms with Crippen LogP contribution in [-0.4, -0.2) is 31.0 Å². The molecule has 0 aliphatic carbocycles. The molecule has 1 aromatic heterocycles. The fourth-order valence-corrected chi connectivity index (χ4v) is 2.14. The van der Waals surface area contributed by atoms with Crippen LogP contribution in [0.15, 0.2) is 18.3 Å². The van der Waals surface area contributed by atoms with E-state index in [1.807, 2.05) is 19.1 Å². The summed E-state index contributed by atoms with van der Waals surface area (Å²) in [4.78, 5) is 17.3. The van der Waals surface area contributed by atoms with Crippen molar-refractivity contribution >= 4 is 12.1 Å². The molecule has 1 aliphatic rings. The van der Waals surface area contributed by atoms with Crippen LogP contribution in [0.3, 0.4) is 0 Å². The van der Waals surface area contributed by atoms with Crippen molar-refractivity contribution in [2.75, 3.05) is 24.6 Å². The normalized spacial score (nSPS) is 16.9. The standard InChI is InChI=1S/C13H18N2O2/c1-2-17-12-4-3-7-14-13(12)15-8-5-11(10-16)6-9-15/h3-4,7,10-11H,2,5-6,8-9H2,1H3. The van der Waals surface area contributed by atoms with Gasteiger partial charge in [-0.1, -0.05) is 0 Å². The lowest BCUT2D eigenvalue weighted by Crippen LogP contribution is -2.34. The van der Waals surface area contributed by atoms with Gasteiger partial charge in [0.15, 0.2) is 11.6 Å². The van der Waals surface area contributed by atoms with Gasteiger partial charge in [0.25, 0.3) is 0 Å². The highest BCUT2D eigenvalue weighted by molar-refractivity contribution is 5.56. The van der Waals surface area contributed by atoms with Gasteiger partial charge in [0.2, 0.25) is 0 Å².